The van der Waals surface area contributed by atoms with Crippen LogP contribution in [-0.2, 0) is 13.5 Å². The molecule has 0 bridgehead atoms. The van der Waals surface area contributed by atoms with Crippen LogP contribution < -0.4 is 0 Å². The van der Waals surface area contributed by atoms with Crippen LogP contribution >= 0.6 is 15.9 Å². The third kappa shape index (κ3) is 1.69. The lowest BCUT2D eigenvalue weighted by Crippen LogP contribution is -2.18. The molecule has 4 rings (SSSR count). The van der Waals surface area contributed by atoms with E-state index in [0.717, 1.165) is 0 Å². The molecule has 3 aromatic rings. The van der Waals surface area contributed by atoms with Gasteiger partial charge in [-0.05, 0) is 55.2 Å². The van der Waals surface area contributed by atoms with Crippen molar-refractivity contribution < 1.29 is 0 Å². The Labute approximate surface area is 127 Å². The van der Waals surface area contributed by atoms with Gasteiger partial charge in [-0.1, -0.05) is 15.9 Å². The molecule has 2 aromatic heterocycles. The SMILES string of the molecule is Cn1c2c(c3cc(Br)ccc31)CCCC2n1cccc1. The molecule has 0 radical (unpaired) electrons. The largest absolute Gasteiger partial charge is 0.346 e. The van der Waals surface area contributed by atoms with E-state index in [0.29, 0.717) is 6.04 Å². The minimum atomic E-state index is 0.477. The molecule has 0 saturated heterocycles. The highest BCUT2D eigenvalue weighted by Gasteiger charge is 2.27. The second kappa shape index (κ2) is 4.52. The first-order valence-corrected chi connectivity index (χ1v) is 7.94. The summed E-state index contributed by atoms with van der Waals surface area (Å²) in [6, 6.07) is 11.3. The van der Waals surface area contributed by atoms with Gasteiger partial charge in [0.1, 0.15) is 0 Å². The number of fused-ring (bicyclic) bond motifs is 3. The molecular weight excluding hydrogens is 312 g/mol. The molecular formula is C17H17BrN2. The zero-order chi connectivity index (χ0) is 13.7. The van der Waals surface area contributed by atoms with Gasteiger partial charge in [-0.25, -0.2) is 0 Å². The van der Waals surface area contributed by atoms with Crippen LogP contribution in [0.1, 0.15) is 30.1 Å². The number of benzene rings is 1. The monoisotopic (exact) mass is 328 g/mol. The fraction of sp³-hybridized carbons (Fsp3) is 0.294. The number of halogens is 1. The molecule has 1 unspecified atom stereocenters. The van der Waals surface area contributed by atoms with Gasteiger partial charge in [0.05, 0.1) is 6.04 Å². The fourth-order valence-electron chi connectivity index (χ4n) is 3.65. The van der Waals surface area contributed by atoms with E-state index in [-0.39, 0.29) is 0 Å². The summed E-state index contributed by atoms with van der Waals surface area (Å²) in [4.78, 5) is 0. The van der Waals surface area contributed by atoms with Crippen molar-refractivity contribution in [2.24, 2.45) is 7.05 Å². The molecule has 0 spiro atoms. The van der Waals surface area contributed by atoms with Crippen molar-refractivity contribution in [2.45, 2.75) is 25.3 Å². The number of hydrogen-bond acceptors (Lipinski definition) is 0. The van der Waals surface area contributed by atoms with Crippen molar-refractivity contribution in [3.05, 3.63) is 58.5 Å². The molecule has 0 amide bonds. The van der Waals surface area contributed by atoms with E-state index in [1.54, 1.807) is 0 Å². The predicted molar refractivity (Wildman–Crippen MR) is 86.1 cm³/mol. The lowest BCUT2D eigenvalue weighted by Gasteiger charge is -2.26. The maximum Gasteiger partial charge on any atom is 0.0734 e. The molecule has 0 saturated carbocycles. The normalized spacial score (nSPS) is 18.4. The molecule has 0 fully saturated rings. The summed E-state index contributed by atoms with van der Waals surface area (Å²) in [6.45, 7) is 0. The maximum atomic E-state index is 3.61. The Bertz CT molecular complexity index is 768. The van der Waals surface area contributed by atoms with Crippen LogP contribution in [0.3, 0.4) is 0 Å². The first-order chi connectivity index (χ1) is 9.75. The molecule has 2 heterocycles. The molecule has 20 heavy (non-hydrogen) atoms. The minimum absolute atomic E-state index is 0.477. The van der Waals surface area contributed by atoms with Crippen LogP contribution in [0.5, 0.6) is 0 Å². The molecule has 0 N–H and O–H groups in total. The highest BCUT2D eigenvalue weighted by atomic mass is 79.9. The molecule has 1 aliphatic rings. The minimum Gasteiger partial charge on any atom is -0.346 e. The van der Waals surface area contributed by atoms with Crippen LogP contribution in [0.25, 0.3) is 10.9 Å². The third-order valence-electron chi connectivity index (χ3n) is 4.52. The number of aromatic nitrogens is 2. The van der Waals surface area contributed by atoms with Crippen molar-refractivity contribution in [1.82, 2.24) is 9.13 Å². The highest BCUT2D eigenvalue weighted by molar-refractivity contribution is 9.10. The maximum absolute atomic E-state index is 3.61. The number of aryl methyl sites for hydroxylation is 2. The van der Waals surface area contributed by atoms with Crippen LogP contribution in [0.2, 0.25) is 0 Å². The first kappa shape index (κ1) is 12.3. The van der Waals surface area contributed by atoms with Gasteiger partial charge >= 0.3 is 0 Å². The van der Waals surface area contributed by atoms with E-state index < -0.39 is 0 Å². The standard InChI is InChI=1S/C17H17BrN2/c1-19-15-8-7-12(18)11-14(15)13-5-4-6-16(17(13)19)20-9-2-3-10-20/h2-3,7-11,16H,4-6H2,1H3. The second-order valence-corrected chi connectivity index (χ2v) is 6.54. The summed E-state index contributed by atoms with van der Waals surface area (Å²) in [5, 5.41) is 1.41. The van der Waals surface area contributed by atoms with Gasteiger partial charge in [-0.2, -0.15) is 0 Å². The van der Waals surface area contributed by atoms with E-state index in [1.165, 1.54) is 45.9 Å². The van der Waals surface area contributed by atoms with Crippen molar-refractivity contribution in [1.29, 1.82) is 0 Å². The second-order valence-electron chi connectivity index (χ2n) is 5.62. The predicted octanol–water partition coefficient (Wildman–Crippen LogP) is 4.67. The molecule has 1 atom stereocenters. The lowest BCUT2D eigenvalue weighted by atomic mass is 9.91. The van der Waals surface area contributed by atoms with Crippen LogP contribution in [0.15, 0.2) is 47.2 Å². The van der Waals surface area contributed by atoms with Gasteiger partial charge < -0.3 is 9.13 Å². The molecule has 1 aliphatic carbocycles. The quantitative estimate of drug-likeness (QED) is 0.614. The van der Waals surface area contributed by atoms with Gasteiger partial charge in [-0.15, -0.1) is 0 Å². The molecule has 2 nitrogen and oxygen atoms in total. The lowest BCUT2D eigenvalue weighted by molar-refractivity contribution is 0.469. The number of rotatable bonds is 1. The zero-order valence-electron chi connectivity index (χ0n) is 11.5. The van der Waals surface area contributed by atoms with E-state index >= 15 is 0 Å². The Balaban J connectivity index is 2.00. The summed E-state index contributed by atoms with van der Waals surface area (Å²) in [7, 11) is 2.21. The van der Waals surface area contributed by atoms with Gasteiger partial charge in [0.15, 0.2) is 0 Å². The molecule has 0 aliphatic heterocycles. The summed E-state index contributed by atoms with van der Waals surface area (Å²) in [5.74, 6) is 0. The Kier molecular flexibility index (Phi) is 2.77. The van der Waals surface area contributed by atoms with E-state index in [4.69, 9.17) is 0 Å². The van der Waals surface area contributed by atoms with Crippen LogP contribution in [-0.4, -0.2) is 9.13 Å². The van der Waals surface area contributed by atoms with Crippen molar-refractivity contribution >= 4 is 26.8 Å². The fourth-order valence-corrected chi connectivity index (χ4v) is 4.02. The van der Waals surface area contributed by atoms with Crippen molar-refractivity contribution in [3.63, 3.8) is 0 Å². The highest BCUT2D eigenvalue weighted by Crippen LogP contribution is 2.39. The summed E-state index contributed by atoms with van der Waals surface area (Å²) < 4.78 is 5.91. The average molecular weight is 329 g/mol. The van der Waals surface area contributed by atoms with Gasteiger partial charge in [0.2, 0.25) is 0 Å². The first-order valence-electron chi connectivity index (χ1n) is 7.15. The summed E-state index contributed by atoms with van der Waals surface area (Å²) in [6.07, 6.45) is 8.07. The smallest absolute Gasteiger partial charge is 0.0734 e. The van der Waals surface area contributed by atoms with E-state index in [1.807, 2.05) is 0 Å². The Morgan fingerprint density at radius 2 is 2.00 bits per heavy atom. The molecule has 1 aromatic carbocycles. The Morgan fingerprint density at radius 3 is 2.80 bits per heavy atom. The van der Waals surface area contributed by atoms with E-state index in [9.17, 15) is 0 Å². The molecule has 3 heteroatoms. The van der Waals surface area contributed by atoms with Crippen molar-refractivity contribution in [2.75, 3.05) is 0 Å². The molecule has 102 valence electrons. The Morgan fingerprint density at radius 1 is 1.20 bits per heavy atom. The van der Waals surface area contributed by atoms with Crippen LogP contribution in [0, 0.1) is 0 Å². The van der Waals surface area contributed by atoms with Gasteiger partial charge in [0, 0.05) is 40.5 Å². The van der Waals surface area contributed by atoms with Crippen molar-refractivity contribution in [3.8, 4) is 0 Å². The summed E-state index contributed by atoms with van der Waals surface area (Å²) >= 11 is 3.61. The van der Waals surface area contributed by atoms with E-state index in [2.05, 4.69) is 74.8 Å². The van der Waals surface area contributed by atoms with Gasteiger partial charge in [-0.3, -0.25) is 0 Å². The van der Waals surface area contributed by atoms with Crippen LogP contribution in [0.4, 0.5) is 0 Å². The number of hydrogen-bond donors (Lipinski definition) is 0. The topological polar surface area (TPSA) is 9.86 Å². The average Bonchev–Trinajstić information content (AvgIpc) is 3.07. The number of nitrogens with zero attached hydrogens (tertiary/aromatic N) is 2. The Hall–Kier alpha value is -1.48. The third-order valence-corrected chi connectivity index (χ3v) is 5.02. The zero-order valence-corrected chi connectivity index (χ0v) is 13.1. The van der Waals surface area contributed by atoms with Gasteiger partial charge in [0.25, 0.3) is 0 Å². The summed E-state index contributed by atoms with van der Waals surface area (Å²) in [5.41, 5.74) is 4.37.